The molecule has 1 atom stereocenters. The Hall–Kier alpha value is -2.44. The number of aliphatic carboxylic acids is 1. The van der Waals surface area contributed by atoms with Crippen LogP contribution in [0.4, 0.5) is 5.69 Å². The number of tetrazole rings is 1. The minimum absolute atomic E-state index is 0.518. The van der Waals surface area contributed by atoms with Gasteiger partial charge >= 0.3 is 5.97 Å². The molecule has 18 heavy (non-hydrogen) atoms. The highest BCUT2D eigenvalue weighted by molar-refractivity contribution is 5.77. The van der Waals surface area contributed by atoms with E-state index in [9.17, 15) is 4.79 Å². The second-order valence-electron chi connectivity index (χ2n) is 3.74. The Morgan fingerprint density at radius 1 is 1.44 bits per heavy atom. The Labute approximate surface area is 103 Å². The van der Waals surface area contributed by atoms with E-state index >= 15 is 0 Å². The number of benzene rings is 1. The van der Waals surface area contributed by atoms with Gasteiger partial charge in [-0.3, -0.25) is 0 Å². The van der Waals surface area contributed by atoms with Crippen LogP contribution in [0.5, 0.6) is 0 Å². The molecule has 7 nitrogen and oxygen atoms in total. The maximum atomic E-state index is 10.9. The maximum Gasteiger partial charge on any atom is 0.326 e. The van der Waals surface area contributed by atoms with Crippen molar-refractivity contribution in [2.75, 3.05) is 5.32 Å². The van der Waals surface area contributed by atoms with Gasteiger partial charge in [0, 0.05) is 5.69 Å². The van der Waals surface area contributed by atoms with Gasteiger partial charge in [-0.05, 0) is 41.1 Å². The van der Waals surface area contributed by atoms with Crippen molar-refractivity contribution >= 4 is 11.7 Å². The van der Waals surface area contributed by atoms with Crippen LogP contribution < -0.4 is 5.32 Å². The van der Waals surface area contributed by atoms with Gasteiger partial charge in [0.1, 0.15) is 12.4 Å². The van der Waals surface area contributed by atoms with Crippen molar-refractivity contribution in [1.29, 1.82) is 0 Å². The van der Waals surface area contributed by atoms with Crippen LogP contribution in [0.1, 0.15) is 13.3 Å². The molecule has 0 spiro atoms. The lowest BCUT2D eigenvalue weighted by atomic mass is 10.2. The number of rotatable bonds is 5. The minimum atomic E-state index is -0.859. The number of aromatic nitrogens is 4. The van der Waals surface area contributed by atoms with Crippen LogP contribution in [0.25, 0.3) is 5.69 Å². The predicted octanol–water partition coefficient (Wildman–Crippen LogP) is 0.937. The average molecular weight is 247 g/mol. The van der Waals surface area contributed by atoms with Gasteiger partial charge in [0.2, 0.25) is 0 Å². The lowest BCUT2D eigenvalue weighted by Crippen LogP contribution is -2.28. The Balaban J connectivity index is 2.10. The molecule has 0 aliphatic heterocycles. The molecule has 1 unspecified atom stereocenters. The van der Waals surface area contributed by atoms with E-state index in [2.05, 4.69) is 20.8 Å². The topological polar surface area (TPSA) is 92.9 Å². The zero-order chi connectivity index (χ0) is 13.0. The normalized spacial score (nSPS) is 12.1. The summed E-state index contributed by atoms with van der Waals surface area (Å²) in [7, 11) is 0. The summed E-state index contributed by atoms with van der Waals surface area (Å²) in [5.74, 6) is -0.859. The maximum absolute atomic E-state index is 10.9. The third-order valence-electron chi connectivity index (χ3n) is 2.53. The lowest BCUT2D eigenvalue weighted by Gasteiger charge is -2.13. The molecule has 0 aliphatic rings. The van der Waals surface area contributed by atoms with Crippen LogP contribution in [-0.2, 0) is 4.79 Å². The average Bonchev–Trinajstić information content (AvgIpc) is 2.90. The molecule has 0 bridgehead atoms. The van der Waals surface area contributed by atoms with Gasteiger partial charge in [0.05, 0.1) is 5.69 Å². The molecule has 0 saturated heterocycles. The number of nitrogens with one attached hydrogen (secondary N) is 1. The van der Waals surface area contributed by atoms with Gasteiger partial charge in [0.25, 0.3) is 0 Å². The standard InChI is InChI=1S/C11H13N5O2/c1-2-10(11(17)18)13-8-3-5-9(6-4-8)16-7-12-14-15-16/h3-7,10,13H,2H2,1H3,(H,17,18). The van der Waals surface area contributed by atoms with Crippen LogP contribution in [-0.4, -0.2) is 37.3 Å². The Morgan fingerprint density at radius 2 is 2.17 bits per heavy atom. The van der Waals surface area contributed by atoms with Crippen molar-refractivity contribution in [3.63, 3.8) is 0 Å². The van der Waals surface area contributed by atoms with Crippen molar-refractivity contribution in [1.82, 2.24) is 20.2 Å². The molecule has 1 heterocycles. The number of carboxylic acid groups (broad SMARTS) is 1. The molecule has 1 aromatic heterocycles. The SMILES string of the molecule is CCC(Nc1ccc(-n2cnnn2)cc1)C(=O)O. The molecule has 2 aromatic rings. The largest absolute Gasteiger partial charge is 0.480 e. The second-order valence-corrected chi connectivity index (χ2v) is 3.74. The predicted molar refractivity (Wildman–Crippen MR) is 64.5 cm³/mol. The number of nitrogens with zero attached hydrogens (tertiary/aromatic N) is 4. The van der Waals surface area contributed by atoms with Crippen molar-refractivity contribution in [2.24, 2.45) is 0 Å². The number of carboxylic acids is 1. The summed E-state index contributed by atoms with van der Waals surface area (Å²) < 4.78 is 1.53. The summed E-state index contributed by atoms with van der Waals surface area (Å²) >= 11 is 0. The summed E-state index contributed by atoms with van der Waals surface area (Å²) in [6.07, 6.45) is 2.01. The summed E-state index contributed by atoms with van der Waals surface area (Å²) in [5.41, 5.74) is 1.56. The van der Waals surface area contributed by atoms with Gasteiger partial charge in [0.15, 0.2) is 0 Å². The summed E-state index contributed by atoms with van der Waals surface area (Å²) in [5, 5.41) is 22.7. The van der Waals surface area contributed by atoms with Gasteiger partial charge in [-0.1, -0.05) is 6.92 Å². The number of carbonyl (C=O) groups is 1. The molecule has 0 radical (unpaired) electrons. The van der Waals surface area contributed by atoms with Crippen LogP contribution in [0.2, 0.25) is 0 Å². The zero-order valence-corrected chi connectivity index (χ0v) is 9.82. The highest BCUT2D eigenvalue weighted by Crippen LogP contribution is 2.13. The third kappa shape index (κ3) is 2.62. The van der Waals surface area contributed by atoms with Crippen LogP contribution >= 0.6 is 0 Å². The molecule has 7 heteroatoms. The molecule has 0 aliphatic carbocycles. The first-order valence-corrected chi connectivity index (χ1v) is 5.53. The minimum Gasteiger partial charge on any atom is -0.480 e. The fourth-order valence-electron chi connectivity index (χ4n) is 1.53. The molecule has 0 amide bonds. The van der Waals surface area contributed by atoms with E-state index in [4.69, 9.17) is 5.11 Å². The van der Waals surface area contributed by atoms with E-state index in [-0.39, 0.29) is 0 Å². The van der Waals surface area contributed by atoms with Crippen molar-refractivity contribution < 1.29 is 9.90 Å². The summed E-state index contributed by atoms with van der Waals surface area (Å²) in [6.45, 7) is 1.82. The molecule has 2 rings (SSSR count). The first-order valence-electron chi connectivity index (χ1n) is 5.53. The summed E-state index contributed by atoms with van der Waals surface area (Å²) in [4.78, 5) is 10.9. The van der Waals surface area contributed by atoms with Gasteiger partial charge in [-0.15, -0.1) is 5.10 Å². The fraction of sp³-hybridized carbons (Fsp3) is 0.273. The molecule has 94 valence electrons. The molecule has 0 saturated carbocycles. The number of anilines is 1. The van der Waals surface area contributed by atoms with E-state index < -0.39 is 12.0 Å². The number of hydrogen-bond acceptors (Lipinski definition) is 5. The molecular weight excluding hydrogens is 234 g/mol. The van der Waals surface area contributed by atoms with Gasteiger partial charge in [-0.2, -0.15) is 0 Å². The first-order chi connectivity index (χ1) is 8.70. The molecule has 2 N–H and O–H groups in total. The van der Waals surface area contributed by atoms with E-state index in [0.717, 1.165) is 11.4 Å². The summed E-state index contributed by atoms with van der Waals surface area (Å²) in [6, 6.07) is 6.63. The van der Waals surface area contributed by atoms with Crippen LogP contribution in [0.15, 0.2) is 30.6 Å². The third-order valence-corrected chi connectivity index (χ3v) is 2.53. The van der Waals surface area contributed by atoms with E-state index in [1.165, 1.54) is 11.0 Å². The van der Waals surface area contributed by atoms with Crippen molar-refractivity contribution in [2.45, 2.75) is 19.4 Å². The van der Waals surface area contributed by atoms with E-state index in [0.29, 0.717) is 6.42 Å². The number of hydrogen-bond donors (Lipinski definition) is 2. The van der Waals surface area contributed by atoms with E-state index in [1.54, 1.807) is 12.1 Å². The quantitative estimate of drug-likeness (QED) is 0.816. The molecular formula is C11H13N5O2. The monoisotopic (exact) mass is 247 g/mol. The Bertz CT molecular complexity index is 509. The van der Waals surface area contributed by atoms with Crippen LogP contribution in [0, 0.1) is 0 Å². The van der Waals surface area contributed by atoms with Gasteiger partial charge in [-0.25, -0.2) is 9.48 Å². The smallest absolute Gasteiger partial charge is 0.326 e. The van der Waals surface area contributed by atoms with Crippen molar-refractivity contribution in [3.05, 3.63) is 30.6 Å². The molecule has 1 aromatic carbocycles. The lowest BCUT2D eigenvalue weighted by molar-refractivity contribution is -0.137. The first kappa shape index (κ1) is 12.0. The fourth-order valence-corrected chi connectivity index (χ4v) is 1.53. The Kier molecular flexibility index (Phi) is 3.52. The molecule has 0 fully saturated rings. The van der Waals surface area contributed by atoms with E-state index in [1.807, 2.05) is 19.1 Å². The highest BCUT2D eigenvalue weighted by atomic mass is 16.4. The highest BCUT2D eigenvalue weighted by Gasteiger charge is 2.13. The Morgan fingerprint density at radius 3 is 2.67 bits per heavy atom. The van der Waals surface area contributed by atoms with Gasteiger partial charge < -0.3 is 10.4 Å². The second kappa shape index (κ2) is 5.26. The van der Waals surface area contributed by atoms with Crippen LogP contribution in [0.3, 0.4) is 0 Å². The van der Waals surface area contributed by atoms with Crippen molar-refractivity contribution in [3.8, 4) is 5.69 Å². The zero-order valence-electron chi connectivity index (χ0n) is 9.82.